The maximum atomic E-state index is 12.3. The van der Waals surface area contributed by atoms with E-state index in [-0.39, 0.29) is 5.69 Å². The van der Waals surface area contributed by atoms with Gasteiger partial charge in [-0.3, -0.25) is 0 Å². The summed E-state index contributed by atoms with van der Waals surface area (Å²) < 4.78 is 39.0. The maximum Gasteiger partial charge on any atom is 0.394 e. The summed E-state index contributed by atoms with van der Waals surface area (Å²) in [6, 6.07) is 1.67. The summed E-state index contributed by atoms with van der Waals surface area (Å²) >= 11 is 2.00. The molecule has 0 aliphatic rings. The van der Waals surface area contributed by atoms with Crippen molar-refractivity contribution in [2.75, 3.05) is 5.73 Å². The van der Waals surface area contributed by atoms with Crippen LogP contribution in [0.15, 0.2) is 18.5 Å². The zero-order chi connectivity index (χ0) is 11.9. The lowest BCUT2D eigenvalue weighted by Gasteiger charge is -2.07. The van der Waals surface area contributed by atoms with E-state index in [0.717, 1.165) is 3.57 Å². The molecule has 0 saturated carbocycles. The predicted octanol–water partition coefficient (Wildman–Crippen LogP) is 2.63. The Labute approximate surface area is 103 Å². The number of halogens is 4. The summed E-state index contributed by atoms with van der Waals surface area (Å²) in [5.74, 6) is 0. The van der Waals surface area contributed by atoms with Gasteiger partial charge in [0.1, 0.15) is 0 Å². The summed E-state index contributed by atoms with van der Waals surface area (Å²) in [4.78, 5) is 3.88. The first kappa shape index (κ1) is 11.5. The second-order valence-electron chi connectivity index (χ2n) is 3.35. The van der Waals surface area contributed by atoms with Crippen molar-refractivity contribution in [3.63, 3.8) is 0 Å². The van der Waals surface area contributed by atoms with Crippen molar-refractivity contribution in [1.82, 2.24) is 9.38 Å². The quantitative estimate of drug-likeness (QED) is 0.811. The molecule has 0 unspecified atom stereocenters. The fourth-order valence-corrected chi connectivity index (χ4v) is 2.08. The summed E-state index contributed by atoms with van der Waals surface area (Å²) in [7, 11) is 0. The summed E-state index contributed by atoms with van der Waals surface area (Å²) in [6.45, 7) is 0. The van der Waals surface area contributed by atoms with E-state index in [2.05, 4.69) is 4.98 Å². The topological polar surface area (TPSA) is 43.3 Å². The van der Waals surface area contributed by atoms with Gasteiger partial charge in [-0.05, 0) is 28.7 Å². The van der Waals surface area contributed by atoms with Crippen LogP contribution in [0.5, 0.6) is 0 Å². The van der Waals surface area contributed by atoms with E-state index in [1.165, 1.54) is 10.6 Å². The minimum absolute atomic E-state index is 0.0905. The Morgan fingerprint density at radius 3 is 2.75 bits per heavy atom. The number of imidazole rings is 1. The van der Waals surface area contributed by atoms with Gasteiger partial charge in [-0.15, -0.1) is 0 Å². The van der Waals surface area contributed by atoms with E-state index in [9.17, 15) is 13.2 Å². The highest BCUT2D eigenvalue weighted by Gasteiger charge is 2.29. The smallest absolute Gasteiger partial charge is 0.394 e. The van der Waals surface area contributed by atoms with Crippen LogP contribution in [0.4, 0.5) is 18.9 Å². The Hall–Kier alpha value is -0.990. The Kier molecular flexibility index (Phi) is 2.72. The lowest BCUT2D eigenvalue weighted by molar-refractivity contribution is -0.127. The van der Waals surface area contributed by atoms with Crippen LogP contribution in [0.1, 0.15) is 5.69 Å². The molecule has 86 valence electrons. The monoisotopic (exact) mass is 341 g/mol. The lowest BCUT2D eigenvalue weighted by Crippen LogP contribution is -2.13. The molecule has 2 aromatic rings. The molecule has 2 N–H and O–H groups in total. The Bertz CT molecular complexity index is 533. The molecule has 16 heavy (non-hydrogen) atoms. The van der Waals surface area contributed by atoms with Gasteiger partial charge < -0.3 is 10.1 Å². The molecule has 7 heteroatoms. The van der Waals surface area contributed by atoms with Crippen LogP contribution in [0.2, 0.25) is 0 Å². The molecule has 0 aromatic carbocycles. The molecule has 0 saturated heterocycles. The van der Waals surface area contributed by atoms with Gasteiger partial charge in [0.15, 0.2) is 5.65 Å². The second-order valence-corrected chi connectivity index (χ2v) is 4.59. The third kappa shape index (κ3) is 2.23. The number of aromatic nitrogens is 2. The molecule has 0 aliphatic carbocycles. The number of alkyl halides is 3. The van der Waals surface area contributed by atoms with Crippen LogP contribution in [0, 0.1) is 3.57 Å². The lowest BCUT2D eigenvalue weighted by atomic mass is 10.3. The summed E-state index contributed by atoms with van der Waals surface area (Å²) in [5.41, 5.74) is 6.49. The normalized spacial score (nSPS) is 12.2. The Morgan fingerprint density at radius 1 is 1.44 bits per heavy atom. The van der Waals surface area contributed by atoms with E-state index in [0.29, 0.717) is 11.3 Å². The summed E-state index contributed by atoms with van der Waals surface area (Å²) in [6.07, 6.45) is -2.46. The van der Waals surface area contributed by atoms with Crippen molar-refractivity contribution in [2.45, 2.75) is 12.6 Å². The summed E-state index contributed by atoms with van der Waals surface area (Å²) in [5, 5.41) is 0. The first-order valence-electron chi connectivity index (χ1n) is 4.34. The van der Waals surface area contributed by atoms with Gasteiger partial charge >= 0.3 is 6.18 Å². The average Bonchev–Trinajstić information content (AvgIpc) is 2.46. The van der Waals surface area contributed by atoms with Gasteiger partial charge in [-0.1, -0.05) is 0 Å². The number of nitrogen functional groups attached to an aromatic ring is 1. The molecule has 2 heterocycles. The first-order chi connectivity index (χ1) is 7.37. The standard InChI is InChI=1S/C9H7F3IN3/c10-9(11,12)2-6-3-15-8-7(14)1-5(13)4-16(6)8/h1,3-4H,2,14H2. The SMILES string of the molecule is Nc1cc(I)cn2c(CC(F)(F)F)cnc12. The second kappa shape index (κ2) is 3.79. The van der Waals surface area contributed by atoms with Gasteiger partial charge in [-0.2, -0.15) is 13.2 Å². The maximum absolute atomic E-state index is 12.3. The zero-order valence-corrected chi connectivity index (χ0v) is 10.1. The van der Waals surface area contributed by atoms with Gasteiger partial charge in [0, 0.05) is 16.0 Å². The molecule has 2 aromatic heterocycles. The fraction of sp³-hybridized carbons (Fsp3) is 0.222. The van der Waals surface area contributed by atoms with Crippen LogP contribution in [0.25, 0.3) is 5.65 Å². The predicted molar refractivity (Wildman–Crippen MR) is 62.1 cm³/mol. The molecule has 0 spiro atoms. The highest BCUT2D eigenvalue weighted by atomic mass is 127. The molecule has 0 aliphatic heterocycles. The molecular weight excluding hydrogens is 334 g/mol. The third-order valence-corrected chi connectivity index (χ3v) is 2.65. The van der Waals surface area contributed by atoms with Crippen LogP contribution in [0.3, 0.4) is 0 Å². The third-order valence-electron chi connectivity index (χ3n) is 2.06. The molecule has 3 nitrogen and oxygen atoms in total. The fourth-order valence-electron chi connectivity index (χ4n) is 1.46. The largest absolute Gasteiger partial charge is 0.396 e. The van der Waals surface area contributed by atoms with Gasteiger partial charge in [0.25, 0.3) is 0 Å². The van der Waals surface area contributed by atoms with Crippen LogP contribution >= 0.6 is 22.6 Å². The van der Waals surface area contributed by atoms with E-state index >= 15 is 0 Å². The number of nitrogens with two attached hydrogens (primary N) is 1. The van der Waals surface area contributed by atoms with Crippen molar-refractivity contribution in [3.8, 4) is 0 Å². The Morgan fingerprint density at radius 2 is 2.12 bits per heavy atom. The van der Waals surface area contributed by atoms with E-state index < -0.39 is 12.6 Å². The van der Waals surface area contributed by atoms with Crippen LogP contribution in [-0.4, -0.2) is 15.6 Å². The zero-order valence-electron chi connectivity index (χ0n) is 7.92. The number of anilines is 1. The number of hydrogen-bond acceptors (Lipinski definition) is 2. The molecule has 0 atom stereocenters. The van der Waals surface area contributed by atoms with Crippen molar-refractivity contribution in [3.05, 3.63) is 27.7 Å². The number of pyridine rings is 1. The van der Waals surface area contributed by atoms with E-state index in [1.807, 2.05) is 22.6 Å². The van der Waals surface area contributed by atoms with Crippen molar-refractivity contribution >= 4 is 33.9 Å². The number of fused-ring (bicyclic) bond motifs is 1. The molecule has 2 rings (SSSR count). The average molecular weight is 341 g/mol. The van der Waals surface area contributed by atoms with E-state index in [4.69, 9.17) is 5.73 Å². The minimum Gasteiger partial charge on any atom is -0.396 e. The molecule has 0 amide bonds. The molecule has 0 radical (unpaired) electrons. The first-order valence-corrected chi connectivity index (χ1v) is 5.42. The molecular formula is C9H7F3IN3. The van der Waals surface area contributed by atoms with Crippen molar-refractivity contribution < 1.29 is 13.2 Å². The van der Waals surface area contributed by atoms with Gasteiger partial charge in [0.05, 0.1) is 17.8 Å². The van der Waals surface area contributed by atoms with Crippen molar-refractivity contribution in [1.29, 1.82) is 0 Å². The Balaban J connectivity index is 2.56. The van der Waals surface area contributed by atoms with Crippen LogP contribution < -0.4 is 5.73 Å². The molecule has 0 fully saturated rings. The van der Waals surface area contributed by atoms with Gasteiger partial charge in [0.2, 0.25) is 0 Å². The minimum atomic E-state index is -4.24. The van der Waals surface area contributed by atoms with Crippen LogP contribution in [-0.2, 0) is 6.42 Å². The number of rotatable bonds is 1. The van der Waals surface area contributed by atoms with Crippen molar-refractivity contribution in [2.24, 2.45) is 0 Å². The van der Waals surface area contributed by atoms with Gasteiger partial charge in [-0.25, -0.2) is 4.98 Å². The number of hydrogen-bond donors (Lipinski definition) is 1. The highest BCUT2D eigenvalue weighted by Crippen LogP contribution is 2.24. The molecule has 0 bridgehead atoms. The van der Waals surface area contributed by atoms with E-state index in [1.54, 1.807) is 12.3 Å². The highest BCUT2D eigenvalue weighted by molar-refractivity contribution is 14.1. The number of nitrogens with zero attached hydrogens (tertiary/aromatic N) is 2.